The molecule has 1 fully saturated rings. The molecule has 0 radical (unpaired) electrons. The molecule has 0 spiro atoms. The van der Waals surface area contributed by atoms with Gasteiger partial charge in [-0.1, -0.05) is 6.07 Å². The van der Waals surface area contributed by atoms with Crippen molar-refractivity contribution < 1.29 is 28.7 Å². The van der Waals surface area contributed by atoms with Crippen molar-refractivity contribution in [2.24, 2.45) is 0 Å². The lowest BCUT2D eigenvalue weighted by molar-refractivity contribution is -0.153. The lowest BCUT2D eigenvalue weighted by atomic mass is 10.1. The van der Waals surface area contributed by atoms with Gasteiger partial charge in [-0.15, -0.1) is 0 Å². The van der Waals surface area contributed by atoms with Crippen molar-refractivity contribution in [1.82, 2.24) is 10.2 Å². The predicted molar refractivity (Wildman–Crippen MR) is 105 cm³/mol. The van der Waals surface area contributed by atoms with Crippen molar-refractivity contribution in [3.8, 4) is 5.75 Å². The van der Waals surface area contributed by atoms with E-state index in [-0.39, 0.29) is 25.3 Å². The fourth-order valence-corrected chi connectivity index (χ4v) is 2.87. The Labute approximate surface area is 169 Å². The topological polar surface area (TPSA) is 114 Å². The largest absolute Gasteiger partial charge is 0.495 e. The zero-order chi connectivity index (χ0) is 21.8. The number of rotatable bonds is 8. The first-order chi connectivity index (χ1) is 13.5. The summed E-state index contributed by atoms with van der Waals surface area (Å²) >= 11 is 0. The van der Waals surface area contributed by atoms with Crippen LogP contribution >= 0.6 is 0 Å². The Kier molecular flexibility index (Phi) is 6.84. The zero-order valence-electron chi connectivity index (χ0n) is 17.3. The molecule has 158 valence electrons. The molecular formula is C20H27N3O6. The highest BCUT2D eigenvalue weighted by Gasteiger charge is 2.43. The second kappa shape index (κ2) is 8.93. The number of hydrogen-bond acceptors (Lipinski definition) is 6. The van der Waals surface area contributed by atoms with Crippen LogP contribution in [-0.2, 0) is 19.1 Å². The minimum atomic E-state index is -1.01. The summed E-state index contributed by atoms with van der Waals surface area (Å²) in [7, 11) is 1.50. The van der Waals surface area contributed by atoms with Gasteiger partial charge in [0.15, 0.2) is 6.10 Å². The summed E-state index contributed by atoms with van der Waals surface area (Å²) in [6, 6.07) is 4.86. The molecule has 0 aromatic heterocycles. The summed E-state index contributed by atoms with van der Waals surface area (Å²) in [5, 5.41) is 5.25. The van der Waals surface area contributed by atoms with Crippen LogP contribution in [0.4, 0.5) is 10.5 Å². The van der Waals surface area contributed by atoms with E-state index in [2.05, 4.69) is 10.6 Å². The number of carbonyl (C=O) groups is 4. The van der Waals surface area contributed by atoms with E-state index in [0.29, 0.717) is 11.4 Å². The number of hydrogen-bond donors (Lipinski definition) is 2. The number of ether oxygens (including phenoxy) is 2. The van der Waals surface area contributed by atoms with Crippen molar-refractivity contribution in [3.05, 3.63) is 23.8 Å². The third kappa shape index (κ3) is 5.46. The van der Waals surface area contributed by atoms with E-state index in [4.69, 9.17) is 9.47 Å². The first-order valence-electron chi connectivity index (χ1n) is 9.34. The molecule has 1 aromatic carbocycles. The van der Waals surface area contributed by atoms with Crippen LogP contribution in [0.5, 0.6) is 5.75 Å². The summed E-state index contributed by atoms with van der Waals surface area (Å²) in [6.07, 6.45) is -0.792. The van der Waals surface area contributed by atoms with Gasteiger partial charge in [0.1, 0.15) is 11.3 Å². The number of amides is 4. The van der Waals surface area contributed by atoms with E-state index in [1.807, 2.05) is 13.0 Å². The number of imide groups is 1. The minimum absolute atomic E-state index is 0.0249. The van der Waals surface area contributed by atoms with Gasteiger partial charge in [-0.25, -0.2) is 4.79 Å². The second-order valence-electron chi connectivity index (χ2n) is 7.44. The quantitative estimate of drug-likeness (QED) is 0.505. The smallest absolute Gasteiger partial charge is 0.325 e. The number of aryl methyl sites for hydroxylation is 1. The van der Waals surface area contributed by atoms with E-state index in [9.17, 15) is 19.2 Å². The monoisotopic (exact) mass is 405 g/mol. The van der Waals surface area contributed by atoms with Crippen LogP contribution < -0.4 is 15.4 Å². The Bertz CT molecular complexity index is 820. The molecule has 1 aliphatic rings. The number of carbonyl (C=O) groups excluding carboxylic acids is 4. The van der Waals surface area contributed by atoms with E-state index in [1.54, 1.807) is 26.0 Å². The molecule has 0 unspecified atom stereocenters. The van der Waals surface area contributed by atoms with Gasteiger partial charge in [-0.3, -0.25) is 19.3 Å². The summed E-state index contributed by atoms with van der Waals surface area (Å²) < 4.78 is 10.4. The average Bonchev–Trinajstić information content (AvgIpc) is 2.83. The number of urea groups is 1. The van der Waals surface area contributed by atoms with Crippen LogP contribution in [0.3, 0.4) is 0 Å². The Morgan fingerprint density at radius 1 is 1.28 bits per heavy atom. The van der Waals surface area contributed by atoms with Crippen LogP contribution in [0.2, 0.25) is 0 Å². The van der Waals surface area contributed by atoms with Crippen molar-refractivity contribution in [2.75, 3.05) is 19.0 Å². The van der Waals surface area contributed by atoms with Crippen LogP contribution in [0.15, 0.2) is 18.2 Å². The maximum Gasteiger partial charge on any atom is 0.325 e. The second-order valence-corrected chi connectivity index (χ2v) is 7.44. The van der Waals surface area contributed by atoms with Gasteiger partial charge in [0.2, 0.25) is 0 Å². The van der Waals surface area contributed by atoms with Gasteiger partial charge in [0, 0.05) is 13.0 Å². The average molecular weight is 405 g/mol. The highest BCUT2D eigenvalue weighted by atomic mass is 16.5. The lowest BCUT2D eigenvalue weighted by Crippen LogP contribution is -2.40. The molecular weight excluding hydrogens is 378 g/mol. The number of esters is 1. The Morgan fingerprint density at radius 3 is 2.55 bits per heavy atom. The van der Waals surface area contributed by atoms with Crippen molar-refractivity contribution in [2.45, 2.75) is 52.2 Å². The molecule has 29 heavy (non-hydrogen) atoms. The molecule has 9 nitrogen and oxygen atoms in total. The molecule has 0 saturated carbocycles. The summed E-state index contributed by atoms with van der Waals surface area (Å²) in [6.45, 7) is 6.68. The molecule has 2 N–H and O–H groups in total. The standard InChI is InChI=1S/C20H27N3O6/c1-12-8-9-15(28-5)14(11-12)21-17(25)13(2)29-16(24)7-6-10-23-18(26)20(3,4)22-19(23)27/h8-9,11,13H,6-7,10H2,1-5H3,(H,21,25)(H,22,27)/t13-/m0/s1. The molecule has 2 rings (SSSR count). The van der Waals surface area contributed by atoms with Gasteiger partial charge in [-0.05, 0) is 51.8 Å². The first kappa shape index (κ1) is 22.2. The maximum absolute atomic E-state index is 12.3. The van der Waals surface area contributed by atoms with Gasteiger partial charge >= 0.3 is 12.0 Å². The van der Waals surface area contributed by atoms with Crippen molar-refractivity contribution in [3.63, 3.8) is 0 Å². The van der Waals surface area contributed by atoms with Gasteiger partial charge < -0.3 is 20.1 Å². The number of anilines is 1. The Morgan fingerprint density at radius 2 is 1.97 bits per heavy atom. The van der Waals surface area contributed by atoms with Crippen LogP contribution in [0.1, 0.15) is 39.2 Å². The molecule has 0 bridgehead atoms. The van der Waals surface area contributed by atoms with Crippen LogP contribution in [-0.4, -0.2) is 54.0 Å². The van der Waals surface area contributed by atoms with Crippen LogP contribution in [0.25, 0.3) is 0 Å². The third-order valence-corrected chi connectivity index (χ3v) is 4.50. The minimum Gasteiger partial charge on any atom is -0.495 e. The summed E-state index contributed by atoms with van der Waals surface area (Å²) in [5.41, 5.74) is 0.483. The van der Waals surface area contributed by atoms with E-state index >= 15 is 0 Å². The summed E-state index contributed by atoms with van der Waals surface area (Å²) in [5.74, 6) is -0.914. The predicted octanol–water partition coefficient (Wildman–Crippen LogP) is 1.98. The fraction of sp³-hybridized carbons (Fsp3) is 0.500. The van der Waals surface area contributed by atoms with E-state index in [0.717, 1.165) is 10.5 Å². The molecule has 1 saturated heterocycles. The lowest BCUT2D eigenvalue weighted by Gasteiger charge is -2.17. The molecule has 0 aliphatic carbocycles. The highest BCUT2D eigenvalue weighted by Crippen LogP contribution is 2.25. The molecule has 1 aromatic rings. The number of nitrogens with zero attached hydrogens (tertiary/aromatic N) is 1. The molecule has 1 aliphatic heterocycles. The number of benzene rings is 1. The third-order valence-electron chi connectivity index (χ3n) is 4.50. The van der Waals surface area contributed by atoms with Crippen molar-refractivity contribution >= 4 is 29.5 Å². The number of nitrogens with one attached hydrogen (secondary N) is 2. The normalized spacial score (nSPS) is 16.2. The fourth-order valence-electron chi connectivity index (χ4n) is 2.87. The molecule has 1 heterocycles. The van der Waals surface area contributed by atoms with Gasteiger partial charge in [0.25, 0.3) is 11.8 Å². The summed E-state index contributed by atoms with van der Waals surface area (Å²) in [4.78, 5) is 49.3. The van der Waals surface area contributed by atoms with Crippen LogP contribution in [0, 0.1) is 6.92 Å². The van der Waals surface area contributed by atoms with E-state index in [1.165, 1.54) is 14.0 Å². The van der Waals surface area contributed by atoms with Gasteiger partial charge in [-0.2, -0.15) is 0 Å². The zero-order valence-corrected chi connectivity index (χ0v) is 17.3. The highest BCUT2D eigenvalue weighted by molar-refractivity contribution is 6.06. The van der Waals surface area contributed by atoms with E-state index < -0.39 is 29.6 Å². The van der Waals surface area contributed by atoms with Crippen molar-refractivity contribution in [1.29, 1.82) is 0 Å². The SMILES string of the molecule is COc1ccc(C)cc1NC(=O)[C@H](C)OC(=O)CCCN1C(=O)NC(C)(C)C1=O. The van der Waals surface area contributed by atoms with Gasteiger partial charge in [0.05, 0.1) is 12.8 Å². The molecule has 1 atom stereocenters. The maximum atomic E-state index is 12.3. The molecule has 4 amide bonds. The first-order valence-corrected chi connectivity index (χ1v) is 9.34. The Hall–Kier alpha value is -3.10. The molecule has 9 heteroatoms. The number of methoxy groups -OCH3 is 1. The Balaban J connectivity index is 1.82.